The van der Waals surface area contributed by atoms with Crippen LogP contribution >= 0.6 is 0 Å². The van der Waals surface area contributed by atoms with Crippen molar-refractivity contribution < 1.29 is 27.4 Å². The highest BCUT2D eigenvalue weighted by molar-refractivity contribution is 7.92. The number of nitrogens with one attached hydrogen (secondary N) is 2. The molecule has 1 aliphatic rings. The highest BCUT2D eigenvalue weighted by atomic mass is 32.2. The molecule has 0 aromatic heterocycles. The summed E-state index contributed by atoms with van der Waals surface area (Å²) in [4.78, 5) is 11.5. The summed E-state index contributed by atoms with van der Waals surface area (Å²) in [5.41, 5.74) is 0.902. The fraction of sp³-hybridized carbons (Fsp3) is 0.235. The fourth-order valence-electron chi connectivity index (χ4n) is 2.35. The number of sulfonamides is 1. The number of ether oxygens (including phenoxy) is 3. The first-order valence-electron chi connectivity index (χ1n) is 7.79. The molecule has 8 nitrogen and oxygen atoms in total. The third-order valence-electron chi connectivity index (χ3n) is 3.52. The summed E-state index contributed by atoms with van der Waals surface area (Å²) in [6.07, 6.45) is 0. The Labute approximate surface area is 151 Å². The number of anilines is 2. The maximum atomic E-state index is 12.5. The Morgan fingerprint density at radius 1 is 1.04 bits per heavy atom. The number of fused-ring (bicyclic) bond motifs is 1. The minimum Gasteiger partial charge on any atom is -0.486 e. The number of benzene rings is 2. The molecule has 1 heterocycles. The number of hydrogen-bond donors (Lipinski definition) is 2. The van der Waals surface area contributed by atoms with Crippen molar-refractivity contribution in [3.63, 3.8) is 0 Å². The van der Waals surface area contributed by atoms with Crippen molar-refractivity contribution >= 4 is 27.3 Å². The molecule has 2 aromatic carbocycles. The lowest BCUT2D eigenvalue weighted by atomic mass is 10.3. The Morgan fingerprint density at radius 2 is 1.69 bits per heavy atom. The van der Waals surface area contributed by atoms with E-state index < -0.39 is 10.0 Å². The lowest BCUT2D eigenvalue weighted by Crippen LogP contribution is -2.18. The molecule has 0 saturated heterocycles. The van der Waals surface area contributed by atoms with Gasteiger partial charge in [0.15, 0.2) is 11.5 Å². The van der Waals surface area contributed by atoms with E-state index in [-0.39, 0.29) is 17.4 Å². The molecule has 1 amide bonds. The summed E-state index contributed by atoms with van der Waals surface area (Å²) in [7, 11) is -2.36. The quantitative estimate of drug-likeness (QED) is 0.795. The Morgan fingerprint density at radius 3 is 2.38 bits per heavy atom. The second-order valence-electron chi connectivity index (χ2n) is 5.47. The van der Waals surface area contributed by atoms with Gasteiger partial charge in [-0.2, -0.15) is 0 Å². The molecule has 9 heteroatoms. The van der Waals surface area contributed by atoms with Gasteiger partial charge in [-0.3, -0.25) is 9.52 Å². The standard InChI is InChI=1S/C17H18N2O6S/c1-23-11-17(20)18-12-2-4-13(5-3-12)19-26(21,22)14-6-7-15-16(10-14)25-9-8-24-15/h2-7,10,19H,8-9,11H2,1H3,(H,18,20). The maximum Gasteiger partial charge on any atom is 0.262 e. The smallest absolute Gasteiger partial charge is 0.262 e. The third-order valence-corrected chi connectivity index (χ3v) is 4.90. The van der Waals surface area contributed by atoms with Crippen LogP contribution in [0.1, 0.15) is 0 Å². The highest BCUT2D eigenvalue weighted by Crippen LogP contribution is 2.32. The summed E-state index contributed by atoms with van der Waals surface area (Å²) in [6, 6.07) is 10.7. The summed E-state index contributed by atoms with van der Waals surface area (Å²) in [6.45, 7) is 0.753. The maximum absolute atomic E-state index is 12.5. The van der Waals surface area contributed by atoms with Gasteiger partial charge < -0.3 is 19.5 Å². The van der Waals surface area contributed by atoms with Gasteiger partial charge in [0.1, 0.15) is 19.8 Å². The molecule has 0 bridgehead atoms. The van der Waals surface area contributed by atoms with Gasteiger partial charge >= 0.3 is 0 Å². The number of carbonyl (C=O) groups excluding carboxylic acids is 1. The Kier molecular flexibility index (Phi) is 5.29. The average Bonchev–Trinajstić information content (AvgIpc) is 2.63. The molecule has 0 spiro atoms. The van der Waals surface area contributed by atoms with Crippen LogP contribution in [-0.2, 0) is 19.6 Å². The predicted molar refractivity (Wildman–Crippen MR) is 95.2 cm³/mol. The van der Waals surface area contributed by atoms with E-state index in [0.717, 1.165) is 0 Å². The summed E-state index contributed by atoms with van der Waals surface area (Å²) >= 11 is 0. The number of methoxy groups -OCH3 is 1. The lowest BCUT2D eigenvalue weighted by Gasteiger charge is -2.19. The molecule has 0 aliphatic carbocycles. The van der Waals surface area contributed by atoms with Crippen LogP contribution in [-0.4, -0.2) is 41.3 Å². The van der Waals surface area contributed by atoms with Crippen LogP contribution in [0.15, 0.2) is 47.4 Å². The van der Waals surface area contributed by atoms with Crippen molar-refractivity contribution in [3.8, 4) is 11.5 Å². The van der Waals surface area contributed by atoms with Crippen LogP contribution in [0.25, 0.3) is 0 Å². The number of amides is 1. The van der Waals surface area contributed by atoms with Crippen molar-refractivity contribution in [1.82, 2.24) is 0 Å². The second-order valence-corrected chi connectivity index (χ2v) is 7.15. The van der Waals surface area contributed by atoms with Gasteiger partial charge in [-0.15, -0.1) is 0 Å². The zero-order valence-electron chi connectivity index (χ0n) is 14.0. The molecule has 26 heavy (non-hydrogen) atoms. The van der Waals surface area contributed by atoms with Gasteiger partial charge in [0.25, 0.3) is 10.0 Å². The van der Waals surface area contributed by atoms with Gasteiger partial charge in [-0.1, -0.05) is 0 Å². The summed E-state index contributed by atoms with van der Waals surface area (Å²) in [5, 5.41) is 2.63. The van der Waals surface area contributed by atoms with Crippen LogP contribution in [0, 0.1) is 0 Å². The largest absolute Gasteiger partial charge is 0.486 e. The van der Waals surface area contributed by atoms with Gasteiger partial charge in [-0.25, -0.2) is 8.42 Å². The normalized spacial score (nSPS) is 13.1. The predicted octanol–water partition coefficient (Wildman–Crippen LogP) is 1.84. The second kappa shape index (κ2) is 7.63. The molecule has 0 saturated carbocycles. The molecule has 2 aromatic rings. The topological polar surface area (TPSA) is 103 Å². The van der Waals surface area contributed by atoms with Crippen LogP contribution in [0.3, 0.4) is 0 Å². The molecule has 0 unspecified atom stereocenters. The van der Waals surface area contributed by atoms with E-state index in [0.29, 0.717) is 36.1 Å². The molecular weight excluding hydrogens is 360 g/mol. The van der Waals surface area contributed by atoms with Crippen LogP contribution in [0.5, 0.6) is 11.5 Å². The minimum absolute atomic E-state index is 0.0570. The summed E-state index contributed by atoms with van der Waals surface area (Å²) < 4.78 is 43.1. The lowest BCUT2D eigenvalue weighted by molar-refractivity contribution is -0.119. The first-order chi connectivity index (χ1) is 12.5. The van der Waals surface area contributed by atoms with E-state index in [1.807, 2.05) is 0 Å². The van der Waals surface area contributed by atoms with Gasteiger partial charge in [0, 0.05) is 24.6 Å². The molecule has 0 radical (unpaired) electrons. The number of rotatable bonds is 6. The number of carbonyl (C=O) groups is 1. The summed E-state index contributed by atoms with van der Waals surface area (Å²) in [5.74, 6) is 0.624. The monoisotopic (exact) mass is 378 g/mol. The fourth-order valence-corrected chi connectivity index (χ4v) is 3.43. The van der Waals surface area contributed by atoms with E-state index in [1.54, 1.807) is 30.3 Å². The molecule has 0 atom stereocenters. The molecular formula is C17H18N2O6S. The highest BCUT2D eigenvalue weighted by Gasteiger charge is 2.19. The minimum atomic E-state index is -3.78. The van der Waals surface area contributed by atoms with Crippen LogP contribution in [0.2, 0.25) is 0 Å². The van der Waals surface area contributed by atoms with Crippen LogP contribution in [0.4, 0.5) is 11.4 Å². The Balaban J connectivity index is 1.72. The van der Waals surface area contributed by atoms with E-state index >= 15 is 0 Å². The van der Waals surface area contributed by atoms with E-state index in [1.165, 1.54) is 19.2 Å². The van der Waals surface area contributed by atoms with Crippen molar-refractivity contribution in [1.29, 1.82) is 0 Å². The molecule has 0 fully saturated rings. The van der Waals surface area contributed by atoms with E-state index in [4.69, 9.17) is 14.2 Å². The SMILES string of the molecule is COCC(=O)Nc1ccc(NS(=O)(=O)c2ccc3c(c2)OCCO3)cc1. The average molecular weight is 378 g/mol. The first kappa shape index (κ1) is 18.0. The van der Waals surface area contributed by atoms with Crippen molar-refractivity contribution in [2.24, 2.45) is 0 Å². The van der Waals surface area contributed by atoms with E-state index in [9.17, 15) is 13.2 Å². The number of hydrogen-bond acceptors (Lipinski definition) is 6. The molecule has 3 rings (SSSR count). The first-order valence-corrected chi connectivity index (χ1v) is 9.27. The van der Waals surface area contributed by atoms with Gasteiger partial charge in [-0.05, 0) is 36.4 Å². The van der Waals surface area contributed by atoms with Crippen molar-refractivity contribution in [3.05, 3.63) is 42.5 Å². The zero-order valence-corrected chi connectivity index (χ0v) is 14.8. The van der Waals surface area contributed by atoms with E-state index in [2.05, 4.69) is 10.0 Å². The van der Waals surface area contributed by atoms with Crippen molar-refractivity contribution in [2.45, 2.75) is 4.90 Å². The zero-order chi connectivity index (χ0) is 18.6. The molecule has 2 N–H and O–H groups in total. The van der Waals surface area contributed by atoms with Gasteiger partial charge in [0.2, 0.25) is 5.91 Å². The Bertz CT molecular complexity index is 896. The molecule has 138 valence electrons. The Hall–Kier alpha value is -2.78. The van der Waals surface area contributed by atoms with Crippen molar-refractivity contribution in [2.75, 3.05) is 37.0 Å². The molecule has 1 aliphatic heterocycles. The van der Waals surface area contributed by atoms with Crippen LogP contribution < -0.4 is 19.5 Å². The third kappa shape index (κ3) is 4.24. The van der Waals surface area contributed by atoms with Gasteiger partial charge in [0.05, 0.1) is 4.90 Å².